The first-order valence-electron chi connectivity index (χ1n) is 7.12. The molecule has 5 rings (SSSR count). The number of hydrogen-bond acceptors (Lipinski definition) is 6. The van der Waals surface area contributed by atoms with Crippen molar-refractivity contribution in [3.63, 3.8) is 0 Å². The molecule has 0 radical (unpaired) electrons. The highest BCUT2D eigenvalue weighted by Crippen LogP contribution is 2.44. The topological polar surface area (TPSA) is 82.5 Å². The molecule has 5 heterocycles. The summed E-state index contributed by atoms with van der Waals surface area (Å²) in [6.07, 6.45) is 4.86. The SMILES string of the molecule is [O-][N+]12CCC(CC1)[C@]1(CN=C(Nc3ncc(Cl)cn3)O1)C2. The van der Waals surface area contributed by atoms with E-state index in [1.54, 1.807) is 0 Å². The Kier molecular flexibility index (Phi) is 2.85. The molecule has 21 heavy (non-hydrogen) atoms. The molecule has 1 aromatic heterocycles. The number of amidine groups is 1. The number of hydroxylamine groups is 3. The van der Waals surface area contributed by atoms with Crippen LogP contribution in [0.25, 0.3) is 0 Å². The Labute approximate surface area is 127 Å². The van der Waals surface area contributed by atoms with Crippen molar-refractivity contribution in [1.29, 1.82) is 0 Å². The van der Waals surface area contributed by atoms with E-state index in [0.717, 1.165) is 12.8 Å². The molecular formula is C13H16ClN5O2. The first-order valence-corrected chi connectivity index (χ1v) is 7.50. The third kappa shape index (κ3) is 2.25. The minimum absolute atomic E-state index is 0.142. The van der Waals surface area contributed by atoms with E-state index in [-0.39, 0.29) is 4.65 Å². The number of hydrogen-bond donors (Lipinski definition) is 1. The van der Waals surface area contributed by atoms with Crippen molar-refractivity contribution in [1.82, 2.24) is 9.97 Å². The van der Waals surface area contributed by atoms with Crippen LogP contribution in [0.1, 0.15) is 12.8 Å². The lowest BCUT2D eigenvalue weighted by molar-refractivity contribution is -0.905. The Balaban J connectivity index is 1.48. The number of nitrogens with zero attached hydrogens (tertiary/aromatic N) is 4. The van der Waals surface area contributed by atoms with Gasteiger partial charge in [0.15, 0.2) is 5.60 Å². The second kappa shape index (κ2) is 4.53. The molecule has 1 atom stereocenters. The molecule has 1 N–H and O–H groups in total. The average Bonchev–Trinajstić information content (AvgIpc) is 2.84. The fourth-order valence-corrected chi connectivity index (χ4v) is 3.73. The van der Waals surface area contributed by atoms with Crippen LogP contribution in [0.5, 0.6) is 0 Å². The smallest absolute Gasteiger partial charge is 0.292 e. The van der Waals surface area contributed by atoms with Crippen LogP contribution < -0.4 is 5.32 Å². The zero-order valence-electron chi connectivity index (χ0n) is 11.5. The number of aromatic nitrogens is 2. The van der Waals surface area contributed by atoms with Crippen molar-refractivity contribution in [3.8, 4) is 0 Å². The third-order valence-electron chi connectivity index (χ3n) is 4.70. The van der Waals surface area contributed by atoms with Crippen LogP contribution in [0.2, 0.25) is 5.02 Å². The first-order chi connectivity index (χ1) is 10.1. The Morgan fingerprint density at radius 2 is 2.05 bits per heavy atom. The lowest BCUT2D eigenvalue weighted by atomic mass is 9.75. The van der Waals surface area contributed by atoms with Gasteiger partial charge in [0.05, 0.1) is 37.1 Å². The molecule has 0 amide bonds. The molecule has 1 spiro atoms. The van der Waals surface area contributed by atoms with Gasteiger partial charge in [-0.1, -0.05) is 11.6 Å². The maximum Gasteiger partial charge on any atom is 0.292 e. The van der Waals surface area contributed by atoms with Crippen LogP contribution in [0.4, 0.5) is 5.95 Å². The molecule has 3 fully saturated rings. The molecule has 1 aromatic rings. The van der Waals surface area contributed by atoms with Crippen LogP contribution >= 0.6 is 11.6 Å². The van der Waals surface area contributed by atoms with Gasteiger partial charge in [0, 0.05) is 18.8 Å². The van der Waals surface area contributed by atoms with E-state index in [0.29, 0.717) is 49.1 Å². The van der Waals surface area contributed by atoms with Gasteiger partial charge in [-0.2, -0.15) is 0 Å². The molecule has 2 bridgehead atoms. The molecule has 112 valence electrons. The Bertz CT molecular complexity index is 585. The number of piperidine rings is 3. The first kappa shape index (κ1) is 13.2. The second-order valence-corrected chi connectivity index (χ2v) is 6.51. The van der Waals surface area contributed by atoms with Gasteiger partial charge in [0.1, 0.15) is 6.54 Å². The third-order valence-corrected chi connectivity index (χ3v) is 4.89. The molecule has 7 nitrogen and oxygen atoms in total. The van der Waals surface area contributed by atoms with E-state index in [1.165, 1.54) is 12.4 Å². The summed E-state index contributed by atoms with van der Waals surface area (Å²) in [6.45, 7) is 2.45. The van der Waals surface area contributed by atoms with Gasteiger partial charge in [0.25, 0.3) is 6.02 Å². The van der Waals surface area contributed by atoms with Gasteiger partial charge in [-0.05, 0) is 0 Å². The summed E-state index contributed by atoms with van der Waals surface area (Å²) in [5.74, 6) is 0.808. The van der Waals surface area contributed by atoms with E-state index in [2.05, 4.69) is 20.3 Å². The fourth-order valence-electron chi connectivity index (χ4n) is 3.63. The number of halogens is 1. The maximum atomic E-state index is 12.5. The summed E-state index contributed by atoms with van der Waals surface area (Å²) in [7, 11) is 0. The average molecular weight is 310 g/mol. The zero-order valence-corrected chi connectivity index (χ0v) is 12.2. The van der Waals surface area contributed by atoms with Crippen LogP contribution in [-0.4, -0.2) is 52.4 Å². The zero-order chi connectivity index (χ0) is 14.5. The summed E-state index contributed by atoms with van der Waals surface area (Å²) in [6, 6.07) is 0.401. The van der Waals surface area contributed by atoms with E-state index in [9.17, 15) is 5.21 Å². The molecule has 0 aromatic carbocycles. The quantitative estimate of drug-likeness (QED) is 0.626. The lowest BCUT2D eigenvalue weighted by Gasteiger charge is -2.58. The van der Waals surface area contributed by atoms with E-state index in [4.69, 9.17) is 16.3 Å². The van der Waals surface area contributed by atoms with Crippen molar-refractivity contribution in [2.75, 3.05) is 31.5 Å². The summed E-state index contributed by atoms with van der Waals surface area (Å²) in [4.78, 5) is 12.5. The van der Waals surface area contributed by atoms with Gasteiger partial charge in [-0.25, -0.2) is 15.0 Å². The standard InChI is InChI=1S/C13H16ClN5O2/c14-10-5-15-11(16-6-10)18-12-17-7-13(21-12)8-19(20)3-1-9(13)2-4-19/h5-6,9H,1-4,7-8H2,(H,15,16,17,18)/t9?,13-,19?/m0/s1. The Morgan fingerprint density at radius 1 is 1.33 bits per heavy atom. The minimum Gasteiger partial charge on any atom is -0.633 e. The summed E-state index contributed by atoms with van der Waals surface area (Å²) >= 11 is 5.75. The number of ether oxygens (including phenoxy) is 1. The predicted octanol–water partition coefficient (Wildman–Crippen LogP) is 1.41. The van der Waals surface area contributed by atoms with Gasteiger partial charge in [-0.15, -0.1) is 0 Å². The second-order valence-electron chi connectivity index (χ2n) is 6.08. The largest absolute Gasteiger partial charge is 0.633 e. The predicted molar refractivity (Wildman–Crippen MR) is 77.7 cm³/mol. The van der Waals surface area contributed by atoms with Crippen molar-refractivity contribution >= 4 is 23.6 Å². The van der Waals surface area contributed by atoms with Crippen LogP contribution in [0, 0.1) is 11.1 Å². The molecule has 8 heteroatoms. The molecule has 0 aliphatic carbocycles. The van der Waals surface area contributed by atoms with Crippen LogP contribution in [0.15, 0.2) is 17.4 Å². The van der Waals surface area contributed by atoms with E-state index >= 15 is 0 Å². The molecule has 0 saturated carbocycles. The van der Waals surface area contributed by atoms with Crippen molar-refractivity contribution < 1.29 is 9.38 Å². The highest BCUT2D eigenvalue weighted by molar-refractivity contribution is 6.30. The minimum atomic E-state index is -0.437. The molecular weight excluding hydrogens is 294 g/mol. The highest BCUT2D eigenvalue weighted by Gasteiger charge is 2.56. The molecule has 3 saturated heterocycles. The van der Waals surface area contributed by atoms with Gasteiger partial charge < -0.3 is 14.6 Å². The van der Waals surface area contributed by atoms with E-state index in [1.807, 2.05) is 0 Å². The van der Waals surface area contributed by atoms with Gasteiger partial charge >= 0.3 is 0 Å². The van der Waals surface area contributed by atoms with Crippen LogP contribution in [-0.2, 0) is 4.74 Å². The molecule has 0 unspecified atom stereocenters. The van der Waals surface area contributed by atoms with Crippen molar-refractivity contribution in [3.05, 3.63) is 22.6 Å². The van der Waals surface area contributed by atoms with Crippen molar-refractivity contribution in [2.45, 2.75) is 18.4 Å². The van der Waals surface area contributed by atoms with Gasteiger partial charge in [0.2, 0.25) is 5.95 Å². The van der Waals surface area contributed by atoms with Gasteiger partial charge in [-0.3, -0.25) is 5.32 Å². The number of fused-ring (bicyclic) bond motifs is 2. The number of anilines is 1. The summed E-state index contributed by atoms with van der Waals surface area (Å²) in [5.41, 5.74) is -0.437. The summed E-state index contributed by atoms with van der Waals surface area (Å²) < 4.78 is 5.89. The highest BCUT2D eigenvalue weighted by atomic mass is 35.5. The Morgan fingerprint density at radius 3 is 2.71 bits per heavy atom. The lowest BCUT2D eigenvalue weighted by Crippen LogP contribution is -2.67. The van der Waals surface area contributed by atoms with Crippen LogP contribution in [0.3, 0.4) is 0 Å². The number of nitrogens with one attached hydrogen (secondary N) is 1. The Hall–Kier alpha value is -1.44. The maximum absolute atomic E-state index is 12.5. The van der Waals surface area contributed by atoms with E-state index < -0.39 is 5.60 Å². The monoisotopic (exact) mass is 309 g/mol. The summed E-state index contributed by atoms with van der Waals surface area (Å²) in [5, 5.41) is 16.0. The fraction of sp³-hybridized carbons (Fsp3) is 0.615. The number of rotatable bonds is 1. The molecule has 4 aliphatic rings. The number of quaternary nitrogens is 1. The molecule has 4 aliphatic heterocycles. The van der Waals surface area contributed by atoms with Crippen molar-refractivity contribution in [2.24, 2.45) is 10.9 Å². The normalized spacial score (nSPS) is 37.4. The number of aliphatic imine (C=N–C) groups is 1.